The van der Waals surface area contributed by atoms with Gasteiger partial charge < -0.3 is 0 Å². The molecule has 2 N–H and O–H groups in total. The third-order valence-corrected chi connectivity index (χ3v) is 54.4. The van der Waals surface area contributed by atoms with Crippen molar-refractivity contribution < 1.29 is 26.1 Å². The van der Waals surface area contributed by atoms with Crippen LogP contribution in [-0.2, 0) is 17.8 Å². The zero-order valence-electron chi connectivity index (χ0n) is 27.1. The van der Waals surface area contributed by atoms with E-state index < -0.39 is 23.4 Å². The van der Waals surface area contributed by atoms with E-state index in [2.05, 4.69) is 83.1 Å². The molecule has 0 aliphatic rings. The van der Waals surface area contributed by atoms with Crippen molar-refractivity contribution in [1.82, 2.24) is 0 Å². The molecule has 0 aromatic carbocycles. The second-order valence-corrected chi connectivity index (χ2v) is 44.1. The van der Waals surface area contributed by atoms with Gasteiger partial charge in [-0.05, 0) is 0 Å². The molecule has 0 saturated heterocycles. The minimum absolute atomic E-state index is 0.338. The molecule has 0 rings (SSSR count). The Morgan fingerprint density at radius 2 is 0.541 bits per heavy atom. The standard InChI is InChI=1S/2C15H33Si.Cr.2H2O.2O/c2*1-13(2)7-10-16(11-8-14(3)4)12-9-15(5)6;;;;;/h2*13-15H,7-12H2,1-6H3;;2*1H2;;/q;;+2;;;;/p-2. The van der Waals surface area contributed by atoms with Crippen molar-refractivity contribution in [3.63, 3.8) is 0 Å². The fraction of sp³-hybridized carbons (Fsp3) is 1.00. The molecule has 0 saturated carbocycles. The molecular formula is C30H68CrO4Si2. The summed E-state index contributed by atoms with van der Waals surface area (Å²) in [6.07, 6.45) is 4.56. The van der Waals surface area contributed by atoms with Gasteiger partial charge in [-0.3, -0.25) is 0 Å². The first-order valence-electron chi connectivity index (χ1n) is 15.6. The van der Waals surface area contributed by atoms with E-state index in [4.69, 9.17) is 0 Å². The average Bonchev–Trinajstić information content (AvgIpc) is 2.70. The fourth-order valence-electron chi connectivity index (χ4n) is 5.87. The van der Waals surface area contributed by atoms with E-state index in [1.807, 2.05) is 0 Å². The maximum absolute atomic E-state index is 15.8. The Labute approximate surface area is 232 Å². The van der Waals surface area contributed by atoms with E-state index in [1.165, 1.54) is 0 Å². The molecule has 0 bridgehead atoms. The first kappa shape index (κ1) is 37.5. The summed E-state index contributed by atoms with van der Waals surface area (Å²) in [5.41, 5.74) is 0. The summed E-state index contributed by atoms with van der Waals surface area (Å²) in [6, 6.07) is 3.00. The van der Waals surface area contributed by atoms with Crippen LogP contribution in [0.2, 0.25) is 36.3 Å². The molecule has 0 aliphatic heterocycles. The van der Waals surface area contributed by atoms with Crippen LogP contribution in [-0.4, -0.2) is 21.6 Å². The molecule has 37 heavy (non-hydrogen) atoms. The summed E-state index contributed by atoms with van der Waals surface area (Å²) in [5, 5.41) is 0. The third kappa shape index (κ3) is 9.82. The SMILES string of the molecule is CC(C)CC[Si](CCC(C)C)(CCC(C)C)[Cr](=[O])(=[O])([OH])([OH])[Si](CCC(C)C)(CCC(C)C)CCC(C)C. The van der Waals surface area contributed by atoms with Crippen molar-refractivity contribution in [2.24, 2.45) is 35.5 Å². The molecule has 0 unspecified atom stereocenters. The Balaban J connectivity index is 7.58. The average molecular weight is 601 g/mol. The molecule has 0 amide bonds. The summed E-state index contributed by atoms with van der Waals surface area (Å²) >= 11 is 0. The van der Waals surface area contributed by atoms with Gasteiger partial charge in [0.15, 0.2) is 0 Å². The van der Waals surface area contributed by atoms with Gasteiger partial charge in [0.1, 0.15) is 0 Å². The van der Waals surface area contributed by atoms with Crippen molar-refractivity contribution >= 4 is 13.3 Å². The topological polar surface area (TPSA) is 74.6 Å². The van der Waals surface area contributed by atoms with E-state index in [0.717, 1.165) is 38.5 Å². The molecule has 226 valence electrons. The van der Waals surface area contributed by atoms with Crippen LogP contribution in [0.1, 0.15) is 122 Å². The van der Waals surface area contributed by atoms with E-state index in [9.17, 15) is 8.32 Å². The second kappa shape index (κ2) is 13.9. The number of hydrogen-bond donors (Lipinski definition) is 2. The van der Waals surface area contributed by atoms with Gasteiger partial charge in [-0.1, -0.05) is 0 Å². The Morgan fingerprint density at radius 3 is 0.649 bits per heavy atom. The molecule has 7 heteroatoms. The molecule has 0 heterocycles. The number of rotatable bonds is 20. The van der Waals surface area contributed by atoms with Gasteiger partial charge in [0.2, 0.25) is 0 Å². The zero-order chi connectivity index (χ0) is 29.4. The summed E-state index contributed by atoms with van der Waals surface area (Å²) < 4.78 is 57.4. The van der Waals surface area contributed by atoms with E-state index in [1.54, 1.807) is 0 Å². The van der Waals surface area contributed by atoms with Crippen LogP contribution in [0.5, 0.6) is 0 Å². The quantitative estimate of drug-likeness (QED) is 0.136. The molecule has 0 radical (unpaired) electrons. The molecule has 0 aromatic heterocycles. The summed E-state index contributed by atoms with van der Waals surface area (Å²) in [5.74, 6) is 2.03. The van der Waals surface area contributed by atoms with E-state index in [-0.39, 0.29) is 0 Å². The summed E-state index contributed by atoms with van der Waals surface area (Å²) in [4.78, 5) is 0. The van der Waals surface area contributed by atoms with Gasteiger partial charge >= 0.3 is 233 Å². The predicted octanol–water partition coefficient (Wildman–Crippen LogP) is 9.88. The maximum atomic E-state index is 15.8. The third-order valence-electron chi connectivity index (χ3n) is 8.98. The Bertz CT molecular complexity index is 707. The van der Waals surface area contributed by atoms with Crippen molar-refractivity contribution in [1.29, 1.82) is 0 Å². The zero-order valence-corrected chi connectivity index (χ0v) is 30.3. The predicted molar refractivity (Wildman–Crippen MR) is 163 cm³/mol. The molecule has 0 aliphatic carbocycles. The second-order valence-electron chi connectivity index (χ2n) is 15.2. The van der Waals surface area contributed by atoms with E-state index >= 15 is 7.61 Å². The van der Waals surface area contributed by atoms with Crippen molar-refractivity contribution in [2.75, 3.05) is 0 Å². The van der Waals surface area contributed by atoms with Crippen LogP contribution < -0.4 is 0 Å². The monoisotopic (exact) mass is 600 g/mol. The van der Waals surface area contributed by atoms with Crippen molar-refractivity contribution in [3.8, 4) is 0 Å². The summed E-state index contributed by atoms with van der Waals surface area (Å²) in [6.45, 7) is 18.5. The van der Waals surface area contributed by atoms with Crippen LogP contribution in [0.15, 0.2) is 0 Å². The van der Waals surface area contributed by atoms with E-state index in [0.29, 0.717) is 71.8 Å². The van der Waals surface area contributed by atoms with Gasteiger partial charge in [0.25, 0.3) is 0 Å². The van der Waals surface area contributed by atoms with Gasteiger partial charge in [-0.25, -0.2) is 0 Å². The molecular weight excluding hydrogens is 532 g/mol. The Hall–Kier alpha value is 0.486. The minimum atomic E-state index is -7.68. The van der Waals surface area contributed by atoms with Gasteiger partial charge in [-0.2, -0.15) is 0 Å². The van der Waals surface area contributed by atoms with Crippen molar-refractivity contribution in [3.05, 3.63) is 0 Å². The molecule has 0 aromatic rings. The van der Waals surface area contributed by atoms with Crippen molar-refractivity contribution in [2.45, 2.75) is 158 Å². The summed E-state index contributed by atoms with van der Waals surface area (Å²) in [7, 11) is -7.68. The number of hydrogen-bond acceptors (Lipinski definition) is 2. The first-order valence-corrected chi connectivity index (χ1v) is 26.7. The van der Waals surface area contributed by atoms with Gasteiger partial charge in [-0.15, -0.1) is 0 Å². The fourth-order valence-corrected chi connectivity index (χ4v) is 56.9. The van der Waals surface area contributed by atoms with Crippen LogP contribution in [0, 0.1) is 35.5 Å². The Kier molecular flexibility index (Phi) is 14.1. The Morgan fingerprint density at radius 1 is 0.405 bits per heavy atom. The molecule has 0 atom stereocenters. The van der Waals surface area contributed by atoms with Crippen LogP contribution >= 0.6 is 0 Å². The normalized spacial score (nSPS) is 16.0. The molecule has 0 fully saturated rings. The molecule has 0 spiro atoms. The van der Waals surface area contributed by atoms with Crippen LogP contribution in [0.3, 0.4) is 0 Å². The van der Waals surface area contributed by atoms with Crippen LogP contribution in [0.25, 0.3) is 0 Å². The van der Waals surface area contributed by atoms with Gasteiger partial charge in [0, 0.05) is 0 Å². The van der Waals surface area contributed by atoms with Crippen LogP contribution in [0.4, 0.5) is 0 Å². The van der Waals surface area contributed by atoms with Gasteiger partial charge in [0.05, 0.1) is 0 Å². The first-order chi connectivity index (χ1) is 16.5. The molecule has 4 nitrogen and oxygen atoms in total.